The normalized spacial score (nSPS) is 11.5. The number of pyridine rings is 1. The van der Waals surface area contributed by atoms with Gasteiger partial charge in [-0.2, -0.15) is 0 Å². The Morgan fingerprint density at radius 3 is 2.23 bits per heavy atom. The van der Waals surface area contributed by atoms with Gasteiger partial charge in [0.25, 0.3) is 0 Å². The first-order valence-corrected chi connectivity index (χ1v) is 11.0. The lowest BCUT2D eigenvalue weighted by Crippen LogP contribution is -2.47. The summed E-state index contributed by atoms with van der Waals surface area (Å²) < 4.78 is 14.1. The number of nitrogens with one attached hydrogen (secondary N) is 1. The summed E-state index contributed by atoms with van der Waals surface area (Å²) in [6.07, 6.45) is 3.28. The van der Waals surface area contributed by atoms with Crippen LogP contribution < -0.4 is 5.32 Å². The molecule has 1 rings (SSSR count). The number of hydrogen-bond acceptors (Lipinski definition) is 8. The Morgan fingerprint density at radius 1 is 1.10 bits per heavy atom. The maximum atomic E-state index is 12.8. The third-order valence-electron chi connectivity index (χ3n) is 3.79. The van der Waals surface area contributed by atoms with Crippen molar-refractivity contribution in [2.75, 3.05) is 19.8 Å². The van der Waals surface area contributed by atoms with Gasteiger partial charge >= 0.3 is 18.0 Å². The fourth-order valence-electron chi connectivity index (χ4n) is 2.50. The van der Waals surface area contributed by atoms with E-state index in [1.165, 1.54) is 0 Å². The molecule has 1 amide bonds. The number of thioether (sulfide) groups is 1. The number of nitrogens with zero attached hydrogens (tertiary/aromatic N) is 1. The van der Waals surface area contributed by atoms with E-state index in [1.807, 2.05) is 6.07 Å². The quantitative estimate of drug-likeness (QED) is 0.241. The summed E-state index contributed by atoms with van der Waals surface area (Å²) in [5.41, 5.74) is 0.260. The van der Waals surface area contributed by atoms with Gasteiger partial charge in [0.2, 0.25) is 4.75 Å². The molecule has 9 heteroatoms. The second-order valence-corrected chi connectivity index (χ2v) is 8.72. The van der Waals surface area contributed by atoms with Crippen molar-refractivity contribution in [2.45, 2.75) is 63.6 Å². The molecule has 1 aromatic heterocycles. The van der Waals surface area contributed by atoms with E-state index in [9.17, 15) is 14.4 Å². The van der Waals surface area contributed by atoms with Crippen molar-refractivity contribution in [1.29, 1.82) is 0 Å². The molecule has 8 nitrogen and oxygen atoms in total. The molecule has 0 aromatic carbocycles. The molecule has 0 fully saturated rings. The fraction of sp³-hybridized carbons (Fsp3) is 0.619. The van der Waals surface area contributed by atoms with Gasteiger partial charge in [-0.05, 0) is 59.1 Å². The van der Waals surface area contributed by atoms with Crippen molar-refractivity contribution in [3.8, 4) is 0 Å². The maximum Gasteiger partial charge on any atom is 0.407 e. The van der Waals surface area contributed by atoms with Gasteiger partial charge in [-0.25, -0.2) is 14.4 Å². The van der Waals surface area contributed by atoms with Crippen LogP contribution in [-0.2, 0) is 29.6 Å². The van der Waals surface area contributed by atoms with Crippen LogP contribution in [0.3, 0.4) is 0 Å². The van der Waals surface area contributed by atoms with Gasteiger partial charge in [0.05, 0.1) is 13.2 Å². The molecule has 1 N–H and O–H groups in total. The van der Waals surface area contributed by atoms with Crippen molar-refractivity contribution in [3.05, 3.63) is 30.1 Å². The van der Waals surface area contributed by atoms with Crippen molar-refractivity contribution in [1.82, 2.24) is 10.3 Å². The highest BCUT2D eigenvalue weighted by Gasteiger charge is 2.49. The zero-order valence-corrected chi connectivity index (χ0v) is 19.2. The minimum atomic E-state index is -1.53. The molecule has 0 saturated heterocycles. The van der Waals surface area contributed by atoms with Gasteiger partial charge < -0.3 is 19.5 Å². The van der Waals surface area contributed by atoms with Gasteiger partial charge in [-0.1, -0.05) is 6.07 Å². The number of aromatic nitrogens is 1. The van der Waals surface area contributed by atoms with Gasteiger partial charge in [0.15, 0.2) is 0 Å². The van der Waals surface area contributed by atoms with E-state index < -0.39 is 28.4 Å². The van der Waals surface area contributed by atoms with Crippen LogP contribution in [0.1, 0.15) is 53.0 Å². The Kier molecular flexibility index (Phi) is 10.7. The number of ether oxygens (including phenoxy) is 3. The Labute approximate surface area is 182 Å². The van der Waals surface area contributed by atoms with Crippen LogP contribution in [0.5, 0.6) is 0 Å². The van der Waals surface area contributed by atoms with Gasteiger partial charge in [-0.3, -0.25) is 4.98 Å². The van der Waals surface area contributed by atoms with E-state index in [0.717, 1.165) is 17.3 Å². The lowest BCUT2D eigenvalue weighted by molar-refractivity contribution is -0.159. The van der Waals surface area contributed by atoms with Gasteiger partial charge in [0.1, 0.15) is 5.60 Å². The van der Waals surface area contributed by atoms with Crippen LogP contribution in [0.15, 0.2) is 24.5 Å². The number of carbonyl (C=O) groups is 3. The fourth-order valence-corrected chi connectivity index (χ4v) is 3.73. The second-order valence-electron chi connectivity index (χ2n) is 7.45. The third kappa shape index (κ3) is 8.61. The highest BCUT2D eigenvalue weighted by Crippen LogP contribution is 2.36. The second kappa shape index (κ2) is 12.4. The van der Waals surface area contributed by atoms with E-state index in [-0.39, 0.29) is 26.2 Å². The van der Waals surface area contributed by atoms with Crippen LogP contribution in [0.2, 0.25) is 0 Å². The number of esters is 2. The van der Waals surface area contributed by atoms with E-state index in [4.69, 9.17) is 14.2 Å². The van der Waals surface area contributed by atoms with Crippen molar-refractivity contribution in [2.24, 2.45) is 0 Å². The summed E-state index contributed by atoms with van der Waals surface area (Å²) in [6.45, 7) is 9.21. The van der Waals surface area contributed by atoms with Crippen LogP contribution >= 0.6 is 11.8 Å². The number of rotatable bonds is 11. The summed E-state index contributed by atoms with van der Waals surface area (Å²) in [6, 6.07) is 3.65. The smallest absolute Gasteiger partial charge is 0.407 e. The Balaban J connectivity index is 2.91. The Hall–Kier alpha value is -2.29. The highest BCUT2D eigenvalue weighted by molar-refractivity contribution is 8.01. The van der Waals surface area contributed by atoms with Gasteiger partial charge in [-0.15, -0.1) is 11.8 Å². The molecule has 0 atom stereocenters. The van der Waals surface area contributed by atoms with E-state index >= 15 is 0 Å². The van der Waals surface area contributed by atoms with Gasteiger partial charge in [0, 0.05) is 24.7 Å². The Morgan fingerprint density at radius 2 is 1.73 bits per heavy atom. The first-order valence-electron chi connectivity index (χ1n) is 9.98. The summed E-state index contributed by atoms with van der Waals surface area (Å²) >= 11 is 1.15. The van der Waals surface area contributed by atoms with E-state index in [1.54, 1.807) is 53.1 Å². The predicted molar refractivity (Wildman–Crippen MR) is 115 cm³/mol. The minimum Gasteiger partial charge on any atom is -0.465 e. The molecule has 168 valence electrons. The predicted octanol–water partition coefficient (Wildman–Crippen LogP) is 3.48. The molecule has 0 spiro atoms. The van der Waals surface area contributed by atoms with Crippen LogP contribution in [0.4, 0.5) is 4.79 Å². The van der Waals surface area contributed by atoms with Crippen molar-refractivity contribution < 1.29 is 28.6 Å². The average molecular weight is 441 g/mol. The monoisotopic (exact) mass is 440 g/mol. The van der Waals surface area contributed by atoms with Crippen LogP contribution in [-0.4, -0.2) is 53.1 Å². The van der Waals surface area contributed by atoms with Crippen LogP contribution in [0, 0.1) is 0 Å². The maximum absolute atomic E-state index is 12.8. The minimum absolute atomic E-state index is 0.142. The molecule has 1 heterocycles. The van der Waals surface area contributed by atoms with E-state index in [2.05, 4.69) is 10.3 Å². The number of carbonyl (C=O) groups excluding carboxylic acids is 3. The number of alkyl carbamates (subject to hydrolysis) is 1. The molecular formula is C21H32N2O6S. The summed E-state index contributed by atoms with van der Waals surface area (Å²) in [7, 11) is 0. The largest absolute Gasteiger partial charge is 0.465 e. The molecule has 0 aliphatic heterocycles. The third-order valence-corrected chi connectivity index (χ3v) is 5.30. The highest BCUT2D eigenvalue weighted by atomic mass is 32.2. The zero-order valence-electron chi connectivity index (χ0n) is 18.4. The molecule has 1 aromatic rings. The lowest BCUT2D eigenvalue weighted by atomic mass is 10.0. The zero-order chi connectivity index (χ0) is 22.6. The molecule has 0 unspecified atom stereocenters. The standard InChI is InChI=1S/C21H32N2O6S/c1-6-27-17(24)21(18(25)28-7-2,30-15-16-10-8-12-22-14-16)11-9-13-23-19(26)29-20(3,4)5/h8,10,12,14H,6-7,9,11,13,15H2,1-5H3,(H,23,26). The number of amides is 1. The van der Waals surface area contributed by atoms with Crippen LogP contribution in [0.25, 0.3) is 0 Å². The lowest BCUT2D eigenvalue weighted by Gasteiger charge is -2.28. The summed E-state index contributed by atoms with van der Waals surface area (Å²) in [5, 5.41) is 2.64. The molecule has 0 radical (unpaired) electrons. The molecule has 0 saturated carbocycles. The SMILES string of the molecule is CCOC(=O)C(CCCNC(=O)OC(C)(C)C)(SCc1cccnc1)C(=O)OCC. The summed E-state index contributed by atoms with van der Waals surface area (Å²) in [4.78, 5) is 41.6. The topological polar surface area (TPSA) is 104 Å². The first-order chi connectivity index (χ1) is 14.1. The average Bonchev–Trinajstić information content (AvgIpc) is 2.67. The molecule has 0 bridgehead atoms. The molecule has 30 heavy (non-hydrogen) atoms. The molecule has 0 aliphatic carbocycles. The summed E-state index contributed by atoms with van der Waals surface area (Å²) in [5.74, 6) is -0.908. The number of hydrogen-bond donors (Lipinski definition) is 1. The molecule has 0 aliphatic rings. The first kappa shape index (κ1) is 25.7. The molecular weight excluding hydrogens is 408 g/mol. The Bertz CT molecular complexity index is 672. The van der Waals surface area contributed by atoms with Crippen molar-refractivity contribution >= 4 is 29.8 Å². The van der Waals surface area contributed by atoms with Crippen molar-refractivity contribution in [3.63, 3.8) is 0 Å². The van der Waals surface area contributed by atoms with E-state index in [0.29, 0.717) is 12.2 Å².